The zero-order valence-electron chi connectivity index (χ0n) is 12.6. The van der Waals surface area contributed by atoms with Gasteiger partial charge in [0.25, 0.3) is 0 Å². The second-order valence-electron chi connectivity index (χ2n) is 6.24. The Labute approximate surface area is 119 Å². The summed E-state index contributed by atoms with van der Waals surface area (Å²) in [5.41, 5.74) is -0.110. The minimum atomic E-state index is -0.0647. The lowest BCUT2D eigenvalue weighted by Crippen LogP contribution is -2.62. The Bertz CT molecular complexity index is 454. The van der Waals surface area contributed by atoms with E-state index in [2.05, 4.69) is 33.6 Å². The Morgan fingerprint density at radius 1 is 1.00 bits per heavy atom. The summed E-state index contributed by atoms with van der Waals surface area (Å²) in [7, 11) is 3.51. The van der Waals surface area contributed by atoms with Crippen LogP contribution in [0.3, 0.4) is 0 Å². The van der Waals surface area contributed by atoms with Gasteiger partial charge >= 0.3 is 0 Å². The highest BCUT2D eigenvalue weighted by molar-refractivity contribution is 5.48. The van der Waals surface area contributed by atoms with Crippen molar-refractivity contribution in [1.29, 1.82) is 0 Å². The van der Waals surface area contributed by atoms with Gasteiger partial charge < -0.3 is 19.3 Å². The van der Waals surface area contributed by atoms with Gasteiger partial charge in [-0.05, 0) is 19.9 Å². The van der Waals surface area contributed by atoms with Crippen molar-refractivity contribution in [2.24, 2.45) is 0 Å². The van der Waals surface area contributed by atoms with Crippen LogP contribution in [0.15, 0.2) is 12.3 Å². The molecule has 2 aliphatic heterocycles. The van der Waals surface area contributed by atoms with E-state index in [1.54, 1.807) is 14.2 Å². The Morgan fingerprint density at radius 2 is 1.55 bits per heavy atom. The predicted octanol–water partition coefficient (Wildman–Crippen LogP) is 0.927. The minimum Gasteiger partial charge on any atom is -0.375 e. The van der Waals surface area contributed by atoms with Gasteiger partial charge in [0.15, 0.2) is 0 Å². The van der Waals surface area contributed by atoms with Gasteiger partial charge in [-0.1, -0.05) is 0 Å². The van der Waals surface area contributed by atoms with E-state index in [0.29, 0.717) is 0 Å². The second-order valence-corrected chi connectivity index (χ2v) is 6.24. The third-order valence-corrected chi connectivity index (χ3v) is 4.32. The van der Waals surface area contributed by atoms with Crippen molar-refractivity contribution in [3.8, 4) is 0 Å². The Kier molecular flexibility index (Phi) is 3.10. The second kappa shape index (κ2) is 4.56. The van der Waals surface area contributed by atoms with Gasteiger partial charge in [-0.3, -0.25) is 0 Å². The Balaban J connectivity index is 1.66. The molecule has 2 saturated heterocycles. The molecule has 3 rings (SSSR count). The lowest BCUT2D eigenvalue weighted by Gasteiger charge is -2.48. The normalized spacial score (nSPS) is 23.2. The van der Waals surface area contributed by atoms with Crippen LogP contribution in [0, 0.1) is 0 Å². The number of nitrogens with zero attached hydrogens (tertiary/aromatic N) is 4. The summed E-state index contributed by atoms with van der Waals surface area (Å²) in [6.45, 7) is 7.63. The van der Waals surface area contributed by atoms with Crippen molar-refractivity contribution in [2.45, 2.75) is 25.0 Å². The van der Waals surface area contributed by atoms with Crippen molar-refractivity contribution in [3.05, 3.63) is 12.3 Å². The third-order valence-electron chi connectivity index (χ3n) is 4.32. The molecule has 6 heteroatoms. The molecular formula is C14H22N4O2. The number of methoxy groups -OCH3 is 2. The first-order chi connectivity index (χ1) is 9.47. The molecule has 2 fully saturated rings. The highest BCUT2D eigenvalue weighted by Crippen LogP contribution is 2.31. The molecule has 2 aliphatic rings. The molecule has 0 aromatic carbocycles. The van der Waals surface area contributed by atoms with Crippen LogP contribution in [0.25, 0.3) is 0 Å². The van der Waals surface area contributed by atoms with Crippen LogP contribution in [0.2, 0.25) is 0 Å². The van der Waals surface area contributed by atoms with Crippen LogP contribution in [-0.2, 0) is 9.47 Å². The fraction of sp³-hybridized carbons (Fsp3) is 0.714. The van der Waals surface area contributed by atoms with E-state index < -0.39 is 0 Å². The largest absolute Gasteiger partial charge is 0.375 e. The van der Waals surface area contributed by atoms with Crippen molar-refractivity contribution >= 4 is 11.8 Å². The average molecular weight is 278 g/mol. The molecular weight excluding hydrogens is 256 g/mol. The summed E-state index contributed by atoms with van der Waals surface area (Å²) >= 11 is 0. The van der Waals surface area contributed by atoms with Crippen LogP contribution in [0.1, 0.15) is 13.8 Å². The zero-order chi connectivity index (χ0) is 14.4. The van der Waals surface area contributed by atoms with E-state index in [4.69, 9.17) is 9.47 Å². The van der Waals surface area contributed by atoms with Gasteiger partial charge in [-0.2, -0.15) is 4.98 Å². The van der Waals surface area contributed by atoms with E-state index in [9.17, 15) is 0 Å². The summed E-state index contributed by atoms with van der Waals surface area (Å²) in [4.78, 5) is 13.4. The molecule has 0 radical (unpaired) electrons. The monoisotopic (exact) mass is 278 g/mol. The SMILES string of the molecule is COC1(C)CN(c2ccnc(N3CC(C)(OC)C3)n2)C1. The molecule has 1 aromatic heterocycles. The molecule has 0 unspecified atom stereocenters. The molecule has 0 aliphatic carbocycles. The lowest BCUT2D eigenvalue weighted by atomic mass is 9.96. The summed E-state index contributed by atoms with van der Waals surface area (Å²) in [6, 6.07) is 1.95. The Morgan fingerprint density at radius 3 is 2.10 bits per heavy atom. The number of ether oxygens (including phenoxy) is 2. The Hall–Kier alpha value is -1.40. The molecule has 6 nitrogen and oxygen atoms in total. The maximum absolute atomic E-state index is 5.47. The predicted molar refractivity (Wildman–Crippen MR) is 77.3 cm³/mol. The molecule has 0 atom stereocenters. The van der Waals surface area contributed by atoms with Gasteiger partial charge in [0.05, 0.1) is 18.7 Å². The van der Waals surface area contributed by atoms with Crippen molar-refractivity contribution in [2.75, 3.05) is 50.2 Å². The quantitative estimate of drug-likeness (QED) is 0.816. The van der Waals surface area contributed by atoms with E-state index in [0.717, 1.165) is 37.9 Å². The topological polar surface area (TPSA) is 50.7 Å². The summed E-state index contributed by atoms with van der Waals surface area (Å²) in [6.07, 6.45) is 1.82. The zero-order valence-corrected chi connectivity index (χ0v) is 12.6. The minimum absolute atomic E-state index is 0.0451. The highest BCUT2D eigenvalue weighted by Gasteiger charge is 2.42. The molecule has 0 saturated carbocycles. The van der Waals surface area contributed by atoms with Gasteiger partial charge in [0.2, 0.25) is 5.95 Å². The summed E-state index contributed by atoms with van der Waals surface area (Å²) < 4.78 is 10.9. The van der Waals surface area contributed by atoms with Gasteiger partial charge in [-0.15, -0.1) is 0 Å². The van der Waals surface area contributed by atoms with E-state index >= 15 is 0 Å². The molecule has 20 heavy (non-hydrogen) atoms. The number of hydrogen-bond acceptors (Lipinski definition) is 6. The van der Waals surface area contributed by atoms with Crippen LogP contribution in [-0.4, -0.2) is 61.6 Å². The van der Waals surface area contributed by atoms with Gasteiger partial charge in [0, 0.05) is 33.5 Å². The molecule has 1 aromatic rings. The first kappa shape index (κ1) is 13.6. The summed E-state index contributed by atoms with van der Waals surface area (Å²) in [5, 5.41) is 0. The average Bonchev–Trinajstić information content (AvgIpc) is 2.40. The van der Waals surface area contributed by atoms with Gasteiger partial charge in [-0.25, -0.2) is 4.98 Å². The molecule has 0 bridgehead atoms. The fourth-order valence-corrected chi connectivity index (χ4v) is 2.75. The first-order valence-electron chi connectivity index (χ1n) is 6.90. The van der Waals surface area contributed by atoms with E-state index in [-0.39, 0.29) is 11.2 Å². The van der Waals surface area contributed by atoms with Crippen molar-refractivity contribution in [1.82, 2.24) is 9.97 Å². The lowest BCUT2D eigenvalue weighted by molar-refractivity contribution is -0.0182. The molecule has 0 N–H and O–H groups in total. The number of rotatable bonds is 4. The maximum Gasteiger partial charge on any atom is 0.227 e. The molecule has 0 amide bonds. The smallest absolute Gasteiger partial charge is 0.227 e. The number of anilines is 2. The van der Waals surface area contributed by atoms with E-state index in [1.165, 1.54) is 0 Å². The molecule has 110 valence electrons. The highest BCUT2D eigenvalue weighted by atomic mass is 16.5. The van der Waals surface area contributed by atoms with Crippen LogP contribution < -0.4 is 9.80 Å². The molecule has 3 heterocycles. The maximum atomic E-state index is 5.47. The summed E-state index contributed by atoms with van der Waals surface area (Å²) in [5.74, 6) is 1.75. The first-order valence-corrected chi connectivity index (χ1v) is 6.90. The van der Waals surface area contributed by atoms with Crippen LogP contribution in [0.5, 0.6) is 0 Å². The fourth-order valence-electron chi connectivity index (χ4n) is 2.75. The van der Waals surface area contributed by atoms with Crippen molar-refractivity contribution in [3.63, 3.8) is 0 Å². The number of aromatic nitrogens is 2. The van der Waals surface area contributed by atoms with Crippen molar-refractivity contribution < 1.29 is 9.47 Å². The van der Waals surface area contributed by atoms with Crippen LogP contribution in [0.4, 0.5) is 11.8 Å². The van der Waals surface area contributed by atoms with Crippen LogP contribution >= 0.6 is 0 Å². The third kappa shape index (κ3) is 2.23. The van der Waals surface area contributed by atoms with E-state index in [1.807, 2.05) is 12.3 Å². The van der Waals surface area contributed by atoms with Gasteiger partial charge in [0.1, 0.15) is 11.4 Å². The standard InChI is InChI=1S/C14H22N4O2/c1-13(19-3)7-17(8-13)11-5-6-15-12(16-11)18-9-14(2,10-18)20-4/h5-6H,7-10H2,1-4H3. The number of hydrogen-bond donors (Lipinski definition) is 0. The molecule has 0 spiro atoms.